The molecule has 17 heavy (non-hydrogen) atoms. The Labute approximate surface area is 101 Å². The highest BCUT2D eigenvalue weighted by molar-refractivity contribution is 5.67. The Morgan fingerprint density at radius 2 is 2.12 bits per heavy atom. The first-order valence-electron chi connectivity index (χ1n) is 5.74. The van der Waals surface area contributed by atoms with Gasteiger partial charge >= 0.3 is 6.09 Å². The van der Waals surface area contributed by atoms with Crippen LogP contribution in [0.3, 0.4) is 0 Å². The number of ether oxygens (including phenoxy) is 2. The van der Waals surface area contributed by atoms with Gasteiger partial charge in [0.05, 0.1) is 19.3 Å². The lowest BCUT2D eigenvalue weighted by Gasteiger charge is -2.16. The number of epoxide rings is 1. The summed E-state index contributed by atoms with van der Waals surface area (Å²) in [5.41, 5.74) is 1.18. The van der Waals surface area contributed by atoms with Crippen molar-refractivity contribution in [2.45, 2.75) is 31.6 Å². The van der Waals surface area contributed by atoms with Gasteiger partial charge in [-0.15, -0.1) is 0 Å². The fourth-order valence-corrected chi connectivity index (χ4v) is 1.95. The maximum Gasteiger partial charge on any atom is 0.407 e. The van der Waals surface area contributed by atoms with Crippen LogP contribution in [0.4, 0.5) is 4.79 Å². The minimum absolute atomic E-state index is 0.0279. The molecule has 1 aromatic rings. The summed E-state index contributed by atoms with van der Waals surface area (Å²) in [7, 11) is 1.37. The van der Waals surface area contributed by atoms with E-state index in [4.69, 9.17) is 4.74 Å². The second kappa shape index (κ2) is 5.19. The number of hydrogen-bond acceptors (Lipinski definition) is 3. The van der Waals surface area contributed by atoms with E-state index in [1.54, 1.807) is 0 Å². The van der Waals surface area contributed by atoms with E-state index in [9.17, 15) is 4.79 Å². The molecule has 0 spiro atoms. The van der Waals surface area contributed by atoms with Crippen LogP contribution in [-0.4, -0.2) is 31.5 Å². The molecule has 0 radical (unpaired) electrons. The summed E-state index contributed by atoms with van der Waals surface area (Å²) in [6.45, 7) is 2.00. The highest BCUT2D eigenvalue weighted by Gasteiger charge is 2.42. The summed E-state index contributed by atoms with van der Waals surface area (Å²) in [5, 5.41) is 2.82. The zero-order chi connectivity index (χ0) is 12.3. The molecule has 2 rings (SSSR count). The summed E-state index contributed by atoms with van der Waals surface area (Å²) in [4.78, 5) is 11.3. The van der Waals surface area contributed by atoms with Gasteiger partial charge in [0.1, 0.15) is 6.10 Å². The normalized spacial score (nSPS) is 23.9. The van der Waals surface area contributed by atoms with Crippen molar-refractivity contribution in [2.75, 3.05) is 7.11 Å². The molecule has 1 amide bonds. The van der Waals surface area contributed by atoms with E-state index >= 15 is 0 Å². The van der Waals surface area contributed by atoms with Crippen LogP contribution in [0.15, 0.2) is 30.3 Å². The molecule has 1 heterocycles. The molecule has 3 atom stereocenters. The first-order valence-corrected chi connectivity index (χ1v) is 5.74. The average molecular weight is 235 g/mol. The highest BCUT2D eigenvalue weighted by Crippen LogP contribution is 2.26. The first kappa shape index (κ1) is 11.9. The van der Waals surface area contributed by atoms with Gasteiger partial charge in [-0.1, -0.05) is 30.3 Å². The summed E-state index contributed by atoms with van der Waals surface area (Å²) < 4.78 is 10.1. The van der Waals surface area contributed by atoms with Gasteiger partial charge in [0.2, 0.25) is 0 Å². The van der Waals surface area contributed by atoms with Crippen LogP contribution in [0.5, 0.6) is 0 Å². The molecule has 0 aromatic heterocycles. The maximum atomic E-state index is 11.3. The molecule has 92 valence electrons. The van der Waals surface area contributed by atoms with Gasteiger partial charge in [-0.05, 0) is 18.9 Å². The number of methoxy groups -OCH3 is 1. The number of alkyl carbamates (subject to hydrolysis) is 1. The Kier molecular flexibility index (Phi) is 3.64. The monoisotopic (exact) mass is 235 g/mol. The van der Waals surface area contributed by atoms with E-state index < -0.39 is 6.09 Å². The van der Waals surface area contributed by atoms with Crippen LogP contribution in [0.1, 0.15) is 12.5 Å². The number of amides is 1. The number of nitrogens with one attached hydrogen (secondary N) is 1. The lowest BCUT2D eigenvalue weighted by molar-refractivity contribution is 0.163. The van der Waals surface area contributed by atoms with Crippen molar-refractivity contribution in [3.05, 3.63) is 35.9 Å². The Balaban J connectivity index is 1.98. The quantitative estimate of drug-likeness (QED) is 0.809. The second-order valence-electron chi connectivity index (χ2n) is 4.24. The van der Waals surface area contributed by atoms with Gasteiger partial charge in [-0.2, -0.15) is 0 Å². The second-order valence-corrected chi connectivity index (χ2v) is 4.24. The van der Waals surface area contributed by atoms with Gasteiger partial charge in [0.15, 0.2) is 0 Å². The van der Waals surface area contributed by atoms with E-state index in [0.29, 0.717) is 0 Å². The van der Waals surface area contributed by atoms with Crippen molar-refractivity contribution >= 4 is 6.09 Å². The number of rotatable bonds is 4. The summed E-state index contributed by atoms with van der Waals surface area (Å²) in [6.07, 6.45) is 0.647. The van der Waals surface area contributed by atoms with Crippen molar-refractivity contribution < 1.29 is 14.3 Å². The number of carbonyl (C=O) groups excluding carboxylic acids is 1. The van der Waals surface area contributed by atoms with E-state index in [1.165, 1.54) is 12.7 Å². The summed E-state index contributed by atoms with van der Waals surface area (Å²) in [5.74, 6) is 0. The molecule has 1 aliphatic rings. The molecule has 0 aliphatic carbocycles. The lowest BCUT2D eigenvalue weighted by Crippen LogP contribution is -2.40. The predicted octanol–water partition coefficient (Wildman–Crippen LogP) is 1.74. The Bertz CT molecular complexity index is 380. The van der Waals surface area contributed by atoms with Gasteiger partial charge in [0.25, 0.3) is 0 Å². The molecular weight excluding hydrogens is 218 g/mol. The van der Waals surface area contributed by atoms with Crippen LogP contribution in [-0.2, 0) is 15.9 Å². The lowest BCUT2D eigenvalue weighted by atomic mass is 10.0. The standard InChI is InChI=1S/C13H17NO3/c1-9-12(17-9)11(14-13(15)16-2)8-10-6-4-3-5-7-10/h3-7,9,11-12H,8H2,1-2H3,(H,14,15)/t9-,11-,12-/m1/s1. The molecule has 1 N–H and O–H groups in total. The zero-order valence-electron chi connectivity index (χ0n) is 10.1. The average Bonchev–Trinajstić information content (AvgIpc) is 3.07. The van der Waals surface area contributed by atoms with Crippen molar-refractivity contribution in [2.24, 2.45) is 0 Å². The van der Waals surface area contributed by atoms with Gasteiger partial charge in [-0.25, -0.2) is 4.79 Å². The third kappa shape index (κ3) is 3.20. The van der Waals surface area contributed by atoms with Crippen molar-refractivity contribution in [3.63, 3.8) is 0 Å². The molecule has 0 bridgehead atoms. The van der Waals surface area contributed by atoms with Crippen molar-refractivity contribution in [1.29, 1.82) is 0 Å². The zero-order valence-corrected chi connectivity index (χ0v) is 10.1. The third-order valence-electron chi connectivity index (χ3n) is 2.94. The summed E-state index contributed by atoms with van der Waals surface area (Å²) in [6, 6.07) is 10.0. The van der Waals surface area contributed by atoms with Gasteiger partial charge in [0, 0.05) is 0 Å². The van der Waals surface area contributed by atoms with Gasteiger partial charge in [-0.3, -0.25) is 0 Å². The molecule has 4 heteroatoms. The fraction of sp³-hybridized carbons (Fsp3) is 0.462. The summed E-state index contributed by atoms with van der Waals surface area (Å²) >= 11 is 0. The van der Waals surface area contributed by atoms with E-state index in [0.717, 1.165) is 6.42 Å². The molecule has 0 unspecified atom stereocenters. The predicted molar refractivity (Wildman–Crippen MR) is 63.8 cm³/mol. The van der Waals surface area contributed by atoms with E-state index in [-0.39, 0.29) is 18.2 Å². The van der Waals surface area contributed by atoms with Crippen LogP contribution in [0, 0.1) is 0 Å². The van der Waals surface area contributed by atoms with Crippen LogP contribution in [0.25, 0.3) is 0 Å². The smallest absolute Gasteiger partial charge is 0.407 e. The molecule has 0 saturated carbocycles. The Morgan fingerprint density at radius 1 is 1.47 bits per heavy atom. The molecular formula is C13H17NO3. The Hall–Kier alpha value is -1.55. The van der Waals surface area contributed by atoms with Crippen molar-refractivity contribution in [1.82, 2.24) is 5.32 Å². The largest absolute Gasteiger partial charge is 0.453 e. The Morgan fingerprint density at radius 3 is 2.65 bits per heavy atom. The molecule has 4 nitrogen and oxygen atoms in total. The number of carbonyl (C=O) groups is 1. The molecule has 1 aliphatic heterocycles. The highest BCUT2D eigenvalue weighted by atomic mass is 16.6. The third-order valence-corrected chi connectivity index (χ3v) is 2.94. The van der Waals surface area contributed by atoms with Crippen LogP contribution >= 0.6 is 0 Å². The van der Waals surface area contributed by atoms with Crippen LogP contribution < -0.4 is 5.32 Å². The molecule has 1 aromatic carbocycles. The first-order chi connectivity index (χ1) is 8.20. The van der Waals surface area contributed by atoms with Crippen molar-refractivity contribution in [3.8, 4) is 0 Å². The molecule has 1 fully saturated rings. The maximum absolute atomic E-state index is 11.3. The minimum Gasteiger partial charge on any atom is -0.453 e. The number of benzene rings is 1. The SMILES string of the molecule is COC(=O)N[C@H](Cc1ccccc1)[C@@H]1O[C@@H]1C. The van der Waals surface area contributed by atoms with Gasteiger partial charge < -0.3 is 14.8 Å². The van der Waals surface area contributed by atoms with E-state index in [1.807, 2.05) is 37.3 Å². The minimum atomic E-state index is -0.409. The molecule has 1 saturated heterocycles. The van der Waals surface area contributed by atoms with Crippen LogP contribution in [0.2, 0.25) is 0 Å². The fourth-order valence-electron chi connectivity index (χ4n) is 1.95. The number of hydrogen-bond donors (Lipinski definition) is 1. The topological polar surface area (TPSA) is 50.9 Å². The van der Waals surface area contributed by atoms with E-state index in [2.05, 4.69) is 10.1 Å².